The van der Waals surface area contributed by atoms with Crippen LogP contribution in [0.15, 0.2) is 53.5 Å². The number of ether oxygens (including phenoxy) is 2. The van der Waals surface area contributed by atoms with Gasteiger partial charge in [0.05, 0.1) is 13.2 Å². The average molecular weight is 431 g/mol. The molecule has 0 aliphatic carbocycles. The van der Waals surface area contributed by atoms with Crippen LogP contribution in [0.1, 0.15) is 11.1 Å². The Morgan fingerprint density at radius 3 is 2.77 bits per heavy atom. The summed E-state index contributed by atoms with van der Waals surface area (Å²) in [6.07, 6.45) is 0.840. The predicted molar refractivity (Wildman–Crippen MR) is 123 cm³/mol. The van der Waals surface area contributed by atoms with Gasteiger partial charge in [0.25, 0.3) is 0 Å². The van der Waals surface area contributed by atoms with Crippen molar-refractivity contribution in [2.45, 2.75) is 13.0 Å². The molecule has 0 atom stereocenters. The van der Waals surface area contributed by atoms with E-state index >= 15 is 0 Å². The Morgan fingerprint density at radius 2 is 1.97 bits per heavy atom. The summed E-state index contributed by atoms with van der Waals surface area (Å²) in [5.41, 5.74) is 2.27. The van der Waals surface area contributed by atoms with Gasteiger partial charge in [0, 0.05) is 44.8 Å². The molecule has 1 fully saturated rings. The first-order valence-electron chi connectivity index (χ1n) is 10.4. The van der Waals surface area contributed by atoms with Crippen molar-refractivity contribution in [1.29, 1.82) is 0 Å². The first kappa shape index (κ1) is 22.4. The van der Waals surface area contributed by atoms with E-state index in [1.807, 2.05) is 36.4 Å². The fourth-order valence-electron chi connectivity index (χ4n) is 3.29. The van der Waals surface area contributed by atoms with E-state index in [1.165, 1.54) is 0 Å². The van der Waals surface area contributed by atoms with Crippen molar-refractivity contribution in [1.82, 2.24) is 15.5 Å². The van der Waals surface area contributed by atoms with Crippen molar-refractivity contribution in [2.75, 3.05) is 53.0 Å². The number of hydrogen-bond donors (Lipinski definition) is 2. The van der Waals surface area contributed by atoms with E-state index in [0.717, 1.165) is 73.7 Å². The van der Waals surface area contributed by atoms with Gasteiger partial charge < -0.3 is 20.1 Å². The Balaban J connectivity index is 1.39. The van der Waals surface area contributed by atoms with Crippen molar-refractivity contribution >= 4 is 17.6 Å². The molecule has 0 unspecified atom stereocenters. The van der Waals surface area contributed by atoms with Gasteiger partial charge in [-0.25, -0.2) is 0 Å². The van der Waals surface area contributed by atoms with E-state index < -0.39 is 0 Å². The van der Waals surface area contributed by atoms with Crippen LogP contribution in [0.25, 0.3) is 0 Å². The lowest BCUT2D eigenvalue weighted by Crippen LogP contribution is -2.38. The van der Waals surface area contributed by atoms with Crippen LogP contribution in [-0.2, 0) is 17.7 Å². The maximum Gasteiger partial charge on any atom is 0.191 e. The van der Waals surface area contributed by atoms with Crippen LogP contribution in [0.3, 0.4) is 0 Å². The molecule has 0 saturated carbocycles. The monoisotopic (exact) mass is 430 g/mol. The van der Waals surface area contributed by atoms with Gasteiger partial charge in [-0.1, -0.05) is 41.9 Å². The minimum Gasteiger partial charge on any atom is -0.492 e. The number of benzene rings is 2. The number of nitrogens with one attached hydrogen (secondary N) is 2. The maximum atomic E-state index is 6.22. The standard InChI is InChI=1S/C23H31ClN4O2/c1-25-23(26-10-9-20-6-2-3-8-22(20)24)27-18-19-5-4-7-21(17-19)30-16-13-28-11-14-29-15-12-28/h2-8,17H,9-16,18H2,1H3,(H2,25,26,27). The molecule has 30 heavy (non-hydrogen) atoms. The van der Waals surface area contributed by atoms with Crippen LogP contribution >= 0.6 is 11.6 Å². The molecule has 2 aromatic carbocycles. The molecule has 0 amide bonds. The summed E-state index contributed by atoms with van der Waals surface area (Å²) >= 11 is 6.22. The zero-order chi connectivity index (χ0) is 21.0. The van der Waals surface area contributed by atoms with Gasteiger partial charge >= 0.3 is 0 Å². The Hall–Kier alpha value is -2.28. The van der Waals surface area contributed by atoms with Gasteiger partial charge in [-0.05, 0) is 35.7 Å². The average Bonchev–Trinajstić information content (AvgIpc) is 2.78. The fourth-order valence-corrected chi connectivity index (χ4v) is 3.52. The highest BCUT2D eigenvalue weighted by Gasteiger charge is 2.09. The molecular weight excluding hydrogens is 400 g/mol. The summed E-state index contributed by atoms with van der Waals surface area (Å²) in [4.78, 5) is 6.66. The molecule has 0 spiro atoms. The van der Waals surface area contributed by atoms with E-state index in [4.69, 9.17) is 21.1 Å². The van der Waals surface area contributed by atoms with Crippen molar-refractivity contribution in [2.24, 2.45) is 4.99 Å². The lowest BCUT2D eigenvalue weighted by Gasteiger charge is -2.26. The van der Waals surface area contributed by atoms with Crippen LogP contribution in [0.2, 0.25) is 5.02 Å². The third-order valence-corrected chi connectivity index (χ3v) is 5.38. The third kappa shape index (κ3) is 7.52. The summed E-state index contributed by atoms with van der Waals surface area (Å²) in [6.45, 7) is 6.63. The van der Waals surface area contributed by atoms with Crippen molar-refractivity contribution in [3.63, 3.8) is 0 Å². The van der Waals surface area contributed by atoms with Crippen LogP contribution in [0, 0.1) is 0 Å². The van der Waals surface area contributed by atoms with Gasteiger partial charge in [-0.2, -0.15) is 0 Å². The van der Waals surface area contributed by atoms with Gasteiger partial charge in [-0.3, -0.25) is 9.89 Å². The highest BCUT2D eigenvalue weighted by molar-refractivity contribution is 6.31. The van der Waals surface area contributed by atoms with Gasteiger partial charge in [0.15, 0.2) is 5.96 Å². The summed E-state index contributed by atoms with van der Waals surface area (Å²) in [6, 6.07) is 16.1. The predicted octanol–water partition coefficient (Wildman–Crippen LogP) is 2.96. The second-order valence-corrected chi connectivity index (χ2v) is 7.55. The minimum atomic E-state index is 0.673. The van der Waals surface area contributed by atoms with Gasteiger partial charge in [-0.15, -0.1) is 0 Å². The molecule has 0 aromatic heterocycles. The number of halogens is 1. The molecule has 162 valence electrons. The quantitative estimate of drug-likeness (QED) is 0.473. The Labute approximate surface area is 184 Å². The molecular formula is C23H31ClN4O2. The van der Waals surface area contributed by atoms with E-state index in [1.54, 1.807) is 7.05 Å². The molecule has 1 saturated heterocycles. The first-order chi connectivity index (χ1) is 14.7. The van der Waals surface area contributed by atoms with Gasteiger partial charge in [0.1, 0.15) is 12.4 Å². The third-order valence-electron chi connectivity index (χ3n) is 5.01. The highest BCUT2D eigenvalue weighted by Crippen LogP contribution is 2.15. The van der Waals surface area contributed by atoms with E-state index in [0.29, 0.717) is 13.2 Å². The second-order valence-electron chi connectivity index (χ2n) is 7.14. The minimum absolute atomic E-state index is 0.673. The molecule has 7 heteroatoms. The molecule has 0 bridgehead atoms. The largest absolute Gasteiger partial charge is 0.492 e. The van der Waals surface area contributed by atoms with Crippen LogP contribution in [0.4, 0.5) is 0 Å². The number of aliphatic imine (C=N–C) groups is 1. The molecule has 1 aliphatic heterocycles. The van der Waals surface area contributed by atoms with Crippen LogP contribution < -0.4 is 15.4 Å². The molecule has 2 N–H and O–H groups in total. The normalized spacial score (nSPS) is 15.1. The number of rotatable bonds is 9. The summed E-state index contributed by atoms with van der Waals surface area (Å²) < 4.78 is 11.3. The van der Waals surface area contributed by atoms with Crippen LogP contribution in [0.5, 0.6) is 5.75 Å². The lowest BCUT2D eigenvalue weighted by atomic mass is 10.1. The summed E-state index contributed by atoms with van der Waals surface area (Å²) in [7, 11) is 1.77. The zero-order valence-corrected chi connectivity index (χ0v) is 18.3. The smallest absolute Gasteiger partial charge is 0.191 e. The first-order valence-corrected chi connectivity index (χ1v) is 10.8. The Bertz CT molecular complexity index is 809. The summed E-state index contributed by atoms with van der Waals surface area (Å²) in [5, 5.41) is 7.48. The SMILES string of the molecule is CN=C(NCCc1ccccc1Cl)NCc1cccc(OCCN2CCOCC2)c1. The molecule has 1 aliphatic rings. The Morgan fingerprint density at radius 1 is 1.13 bits per heavy atom. The van der Waals surface area contributed by atoms with Crippen molar-refractivity contribution in [3.8, 4) is 5.75 Å². The van der Waals surface area contributed by atoms with Gasteiger partial charge in [0.2, 0.25) is 0 Å². The second kappa shape index (κ2) is 12.4. The molecule has 1 heterocycles. The fraction of sp³-hybridized carbons (Fsp3) is 0.435. The molecule has 0 radical (unpaired) electrons. The number of hydrogen-bond acceptors (Lipinski definition) is 4. The molecule has 3 rings (SSSR count). The van der Waals surface area contributed by atoms with E-state index in [2.05, 4.69) is 32.7 Å². The highest BCUT2D eigenvalue weighted by atomic mass is 35.5. The molecule has 2 aromatic rings. The summed E-state index contributed by atoms with van der Waals surface area (Å²) in [5.74, 6) is 1.66. The van der Waals surface area contributed by atoms with E-state index in [9.17, 15) is 0 Å². The number of nitrogens with zero attached hydrogens (tertiary/aromatic N) is 2. The molecule has 6 nitrogen and oxygen atoms in total. The Kier molecular flexibility index (Phi) is 9.28. The maximum absolute atomic E-state index is 6.22. The number of guanidine groups is 1. The van der Waals surface area contributed by atoms with Crippen LogP contribution in [-0.4, -0.2) is 63.9 Å². The van der Waals surface area contributed by atoms with Crippen molar-refractivity contribution in [3.05, 3.63) is 64.7 Å². The zero-order valence-electron chi connectivity index (χ0n) is 17.6. The lowest BCUT2D eigenvalue weighted by molar-refractivity contribution is 0.0322. The van der Waals surface area contributed by atoms with E-state index in [-0.39, 0.29) is 0 Å². The van der Waals surface area contributed by atoms with Crippen molar-refractivity contribution < 1.29 is 9.47 Å². The topological polar surface area (TPSA) is 58.1 Å². The number of morpholine rings is 1.